The zero-order valence-corrected chi connectivity index (χ0v) is 11.8. The van der Waals surface area contributed by atoms with Crippen molar-refractivity contribution in [3.05, 3.63) is 50.5 Å². The summed E-state index contributed by atoms with van der Waals surface area (Å²) in [5.74, 6) is 0.473. The Morgan fingerprint density at radius 2 is 1.89 bits per heavy atom. The molecule has 2 rings (SSSR count). The number of H-pyrrole nitrogens is 1. The lowest BCUT2D eigenvalue weighted by molar-refractivity contribution is 0.128. The normalized spacial score (nSPS) is 10.7. The van der Waals surface area contributed by atoms with Gasteiger partial charge < -0.3 is 9.72 Å². The highest BCUT2D eigenvalue weighted by Crippen LogP contribution is 2.25. The maximum atomic E-state index is 11.6. The van der Waals surface area contributed by atoms with Gasteiger partial charge in [-0.25, -0.2) is 4.98 Å². The van der Waals surface area contributed by atoms with Crippen LogP contribution in [0.1, 0.15) is 12.7 Å². The fourth-order valence-corrected chi connectivity index (χ4v) is 2.15. The number of hydrogen-bond acceptors (Lipinski definition) is 3. The molecule has 0 atom stereocenters. The minimum atomic E-state index is -0.240. The van der Waals surface area contributed by atoms with Gasteiger partial charge in [-0.1, -0.05) is 23.2 Å². The van der Waals surface area contributed by atoms with E-state index in [-0.39, 0.29) is 12.2 Å². The highest BCUT2D eigenvalue weighted by atomic mass is 35.5. The largest absolute Gasteiger partial charge is 0.374 e. The van der Waals surface area contributed by atoms with Crippen LogP contribution in [0, 0.1) is 0 Å². The molecule has 1 aromatic heterocycles. The van der Waals surface area contributed by atoms with Gasteiger partial charge in [0.1, 0.15) is 12.4 Å². The van der Waals surface area contributed by atoms with E-state index in [1.165, 1.54) is 6.07 Å². The van der Waals surface area contributed by atoms with Crippen LogP contribution in [0.5, 0.6) is 0 Å². The van der Waals surface area contributed by atoms with Crippen LogP contribution in [-0.4, -0.2) is 16.6 Å². The van der Waals surface area contributed by atoms with Gasteiger partial charge >= 0.3 is 0 Å². The summed E-state index contributed by atoms with van der Waals surface area (Å²) in [6.07, 6.45) is 0. The number of benzene rings is 1. The van der Waals surface area contributed by atoms with Crippen LogP contribution in [-0.2, 0) is 11.3 Å². The third-order valence-electron chi connectivity index (χ3n) is 2.39. The van der Waals surface area contributed by atoms with Crippen molar-refractivity contribution in [2.24, 2.45) is 0 Å². The van der Waals surface area contributed by atoms with Gasteiger partial charge in [0.15, 0.2) is 0 Å². The first-order chi connectivity index (χ1) is 9.08. The molecule has 0 radical (unpaired) electrons. The van der Waals surface area contributed by atoms with Crippen molar-refractivity contribution < 1.29 is 4.74 Å². The average molecular weight is 299 g/mol. The Balaban J connectivity index is 2.43. The molecule has 6 heteroatoms. The Bertz CT molecular complexity index is 621. The van der Waals surface area contributed by atoms with Gasteiger partial charge in [-0.2, -0.15) is 0 Å². The van der Waals surface area contributed by atoms with Crippen molar-refractivity contribution in [3.8, 4) is 11.3 Å². The summed E-state index contributed by atoms with van der Waals surface area (Å²) in [5.41, 5.74) is 0.972. The lowest BCUT2D eigenvalue weighted by atomic mass is 10.1. The van der Waals surface area contributed by atoms with Gasteiger partial charge in [-0.15, -0.1) is 0 Å². The van der Waals surface area contributed by atoms with Gasteiger partial charge in [-0.05, 0) is 25.1 Å². The van der Waals surface area contributed by atoms with E-state index >= 15 is 0 Å². The quantitative estimate of drug-likeness (QED) is 0.942. The monoisotopic (exact) mass is 298 g/mol. The number of nitrogens with one attached hydrogen (secondary N) is 1. The molecule has 0 fully saturated rings. The molecule has 0 aliphatic rings. The molecule has 19 heavy (non-hydrogen) atoms. The molecule has 4 nitrogen and oxygen atoms in total. The predicted octanol–water partition coefficient (Wildman–Crippen LogP) is 3.28. The summed E-state index contributed by atoms with van der Waals surface area (Å²) in [6.45, 7) is 2.68. The standard InChI is InChI=1S/C13H12Cl2N2O2/c1-2-19-7-12-16-11(6-13(18)17-12)8-3-9(14)5-10(15)4-8/h3-6H,2,7H2,1H3,(H,16,17,18). The number of hydrogen-bond donors (Lipinski definition) is 1. The molecule has 2 aromatic rings. The fraction of sp³-hybridized carbons (Fsp3) is 0.231. The second-order valence-electron chi connectivity index (χ2n) is 3.87. The number of halogens is 2. The van der Waals surface area contributed by atoms with Gasteiger partial charge in [0.2, 0.25) is 0 Å². The van der Waals surface area contributed by atoms with Gasteiger partial charge in [0.05, 0.1) is 5.69 Å². The lowest BCUT2D eigenvalue weighted by Gasteiger charge is -2.05. The Hall–Kier alpha value is -1.36. The van der Waals surface area contributed by atoms with Crippen LogP contribution >= 0.6 is 23.2 Å². The van der Waals surface area contributed by atoms with E-state index in [1.807, 2.05) is 6.92 Å². The molecule has 100 valence electrons. The third-order valence-corrected chi connectivity index (χ3v) is 2.83. The smallest absolute Gasteiger partial charge is 0.251 e. The zero-order chi connectivity index (χ0) is 13.8. The van der Waals surface area contributed by atoms with E-state index in [1.54, 1.807) is 18.2 Å². The molecule has 0 aliphatic carbocycles. The molecule has 0 saturated carbocycles. The molecule has 1 heterocycles. The van der Waals surface area contributed by atoms with Crippen LogP contribution < -0.4 is 5.56 Å². The molecule has 0 spiro atoms. The first kappa shape index (κ1) is 14.1. The van der Waals surface area contributed by atoms with Crippen molar-refractivity contribution in [1.82, 2.24) is 9.97 Å². The summed E-state index contributed by atoms with van der Waals surface area (Å²) >= 11 is 11.9. The molecular weight excluding hydrogens is 287 g/mol. The maximum Gasteiger partial charge on any atom is 0.251 e. The first-order valence-electron chi connectivity index (χ1n) is 5.73. The first-order valence-corrected chi connectivity index (χ1v) is 6.48. The SMILES string of the molecule is CCOCc1nc(-c2cc(Cl)cc(Cl)c2)cc(=O)[nH]1. The average Bonchev–Trinajstić information content (AvgIpc) is 2.34. The minimum absolute atomic E-state index is 0.240. The molecule has 1 N–H and O–H groups in total. The van der Waals surface area contributed by atoms with Crippen LogP contribution in [0.25, 0.3) is 11.3 Å². The number of aromatic nitrogens is 2. The number of aromatic amines is 1. The van der Waals surface area contributed by atoms with Crippen molar-refractivity contribution in [2.75, 3.05) is 6.61 Å². The Morgan fingerprint density at radius 3 is 2.53 bits per heavy atom. The highest BCUT2D eigenvalue weighted by Gasteiger charge is 2.06. The number of rotatable bonds is 4. The van der Waals surface area contributed by atoms with Gasteiger partial charge in [0, 0.05) is 28.3 Å². The second kappa shape index (κ2) is 6.19. The van der Waals surface area contributed by atoms with Gasteiger partial charge in [0.25, 0.3) is 5.56 Å². The Morgan fingerprint density at radius 1 is 1.21 bits per heavy atom. The van der Waals surface area contributed by atoms with Crippen LogP contribution in [0.15, 0.2) is 29.1 Å². The van der Waals surface area contributed by atoms with Crippen LogP contribution in [0.3, 0.4) is 0 Å². The predicted molar refractivity (Wildman–Crippen MR) is 75.6 cm³/mol. The molecule has 1 aromatic carbocycles. The summed E-state index contributed by atoms with van der Waals surface area (Å²) in [4.78, 5) is 18.5. The zero-order valence-electron chi connectivity index (χ0n) is 10.2. The van der Waals surface area contributed by atoms with Crippen molar-refractivity contribution >= 4 is 23.2 Å². The van der Waals surface area contributed by atoms with Crippen molar-refractivity contribution in [2.45, 2.75) is 13.5 Å². The summed E-state index contributed by atoms with van der Waals surface area (Å²) < 4.78 is 5.23. The minimum Gasteiger partial charge on any atom is -0.374 e. The number of ether oxygens (including phenoxy) is 1. The third kappa shape index (κ3) is 3.80. The highest BCUT2D eigenvalue weighted by molar-refractivity contribution is 6.35. The van der Waals surface area contributed by atoms with Crippen LogP contribution in [0.2, 0.25) is 10.0 Å². The van der Waals surface area contributed by atoms with E-state index in [4.69, 9.17) is 27.9 Å². The number of nitrogens with zero attached hydrogens (tertiary/aromatic N) is 1. The summed E-state index contributed by atoms with van der Waals surface area (Å²) in [7, 11) is 0. The van der Waals surface area contributed by atoms with Crippen LogP contribution in [0.4, 0.5) is 0 Å². The Kier molecular flexibility index (Phi) is 4.58. The fourth-order valence-electron chi connectivity index (χ4n) is 1.62. The molecule has 0 unspecified atom stereocenters. The van der Waals surface area contributed by atoms with Gasteiger partial charge in [-0.3, -0.25) is 4.79 Å². The molecule has 0 bridgehead atoms. The lowest BCUT2D eigenvalue weighted by Crippen LogP contribution is -2.12. The molecule has 0 amide bonds. The second-order valence-corrected chi connectivity index (χ2v) is 4.75. The van der Waals surface area contributed by atoms with Crippen molar-refractivity contribution in [1.29, 1.82) is 0 Å². The Labute approximate surface area is 120 Å². The van der Waals surface area contributed by atoms with Crippen molar-refractivity contribution in [3.63, 3.8) is 0 Å². The topological polar surface area (TPSA) is 55.0 Å². The maximum absolute atomic E-state index is 11.6. The summed E-state index contributed by atoms with van der Waals surface area (Å²) in [6, 6.07) is 6.44. The van der Waals surface area contributed by atoms with E-state index in [0.717, 1.165) is 0 Å². The summed E-state index contributed by atoms with van der Waals surface area (Å²) in [5, 5.41) is 0.992. The van der Waals surface area contributed by atoms with E-state index in [9.17, 15) is 4.79 Å². The molecule has 0 saturated heterocycles. The van der Waals surface area contributed by atoms with E-state index in [2.05, 4.69) is 9.97 Å². The molecular formula is C13H12Cl2N2O2. The molecule has 0 aliphatic heterocycles. The van der Waals surface area contributed by atoms with E-state index < -0.39 is 0 Å². The van der Waals surface area contributed by atoms with E-state index in [0.29, 0.717) is 33.7 Å².